The van der Waals surface area contributed by atoms with Crippen molar-refractivity contribution < 1.29 is 9.53 Å². The predicted octanol–water partition coefficient (Wildman–Crippen LogP) is 0.149. The van der Waals surface area contributed by atoms with Crippen molar-refractivity contribution in [3.8, 4) is 0 Å². The molecule has 0 aromatic carbocycles. The number of hydrogen-bond acceptors (Lipinski definition) is 5. The Balaban J connectivity index is 1.64. The van der Waals surface area contributed by atoms with E-state index >= 15 is 0 Å². The van der Waals surface area contributed by atoms with Gasteiger partial charge in [-0.05, 0) is 46.3 Å². The summed E-state index contributed by atoms with van der Waals surface area (Å²) >= 11 is 0. The first kappa shape index (κ1) is 19.8. The highest BCUT2D eigenvalue weighted by atomic mass is 16.6. The third kappa shape index (κ3) is 7.07. The maximum absolute atomic E-state index is 11.7. The van der Waals surface area contributed by atoms with E-state index in [0.717, 1.165) is 45.6 Å². The Bertz CT molecular complexity index is 437. The molecule has 0 aromatic heterocycles. The monoisotopic (exact) mass is 354 g/mol. The Labute approximate surface area is 151 Å². The first-order valence-corrected chi connectivity index (χ1v) is 9.47. The number of amides is 1. The third-order valence-corrected chi connectivity index (χ3v) is 4.88. The molecule has 0 spiro atoms. The van der Waals surface area contributed by atoms with Crippen LogP contribution in [0.4, 0.5) is 4.79 Å². The van der Waals surface area contributed by atoms with E-state index in [1.54, 1.807) is 4.90 Å². The van der Waals surface area contributed by atoms with Crippen LogP contribution in [0.15, 0.2) is 4.99 Å². The molecule has 2 rings (SSSR count). The molecule has 144 valence electrons. The second-order valence-corrected chi connectivity index (χ2v) is 6.87. The second kappa shape index (κ2) is 10.5. The van der Waals surface area contributed by atoms with E-state index < -0.39 is 0 Å². The van der Waals surface area contributed by atoms with Crippen molar-refractivity contribution in [3.63, 3.8) is 0 Å². The molecule has 0 aliphatic carbocycles. The lowest BCUT2D eigenvalue weighted by Crippen LogP contribution is -2.48. The quantitative estimate of drug-likeness (QED) is 0.540. The summed E-state index contributed by atoms with van der Waals surface area (Å²) < 4.78 is 5.03. The Morgan fingerprint density at radius 2 is 1.96 bits per heavy atom. The number of nitrogens with one attached hydrogen (secondary N) is 1. The summed E-state index contributed by atoms with van der Waals surface area (Å²) in [4.78, 5) is 22.7. The lowest BCUT2D eigenvalue weighted by atomic mass is 10.1. The molecule has 2 fully saturated rings. The maximum Gasteiger partial charge on any atom is 0.409 e. The standard InChI is InChI=1S/C17H34N6O2/c1-3-25-17(24)23-10-5-15(6-11-23)20-16(18)19-7-12-22-9-4-8-21(2)13-14-22/h15H,3-14H2,1-2H3,(H3,18,19,20). The molecule has 0 bridgehead atoms. The number of nitrogens with zero attached hydrogens (tertiary/aromatic N) is 4. The van der Waals surface area contributed by atoms with Crippen molar-refractivity contribution in [2.75, 3.05) is 66.0 Å². The molecule has 0 atom stereocenters. The van der Waals surface area contributed by atoms with Gasteiger partial charge in [-0.3, -0.25) is 4.99 Å². The number of likely N-dealkylation sites (N-methyl/N-ethyl adjacent to an activating group) is 1. The van der Waals surface area contributed by atoms with E-state index in [4.69, 9.17) is 10.5 Å². The van der Waals surface area contributed by atoms with Gasteiger partial charge in [0.1, 0.15) is 0 Å². The predicted molar refractivity (Wildman–Crippen MR) is 99.8 cm³/mol. The minimum atomic E-state index is -0.217. The molecule has 0 unspecified atom stereocenters. The Kier molecular flexibility index (Phi) is 8.27. The Hall–Kier alpha value is -1.54. The van der Waals surface area contributed by atoms with Gasteiger partial charge in [0.05, 0.1) is 13.2 Å². The van der Waals surface area contributed by atoms with Crippen molar-refractivity contribution in [1.82, 2.24) is 20.0 Å². The van der Waals surface area contributed by atoms with Gasteiger partial charge in [-0.25, -0.2) is 4.79 Å². The van der Waals surface area contributed by atoms with Crippen molar-refractivity contribution in [3.05, 3.63) is 0 Å². The molecular weight excluding hydrogens is 320 g/mol. The number of hydrogen-bond donors (Lipinski definition) is 2. The Morgan fingerprint density at radius 3 is 2.68 bits per heavy atom. The van der Waals surface area contributed by atoms with Crippen LogP contribution in [0, 0.1) is 0 Å². The molecule has 3 N–H and O–H groups in total. The summed E-state index contributed by atoms with van der Waals surface area (Å²) in [5.41, 5.74) is 6.02. The fourth-order valence-corrected chi connectivity index (χ4v) is 3.31. The number of nitrogens with two attached hydrogens (primary N) is 1. The molecule has 2 aliphatic rings. The summed E-state index contributed by atoms with van der Waals surface area (Å²) in [6.45, 7) is 9.87. The highest BCUT2D eigenvalue weighted by Gasteiger charge is 2.23. The minimum absolute atomic E-state index is 0.217. The number of carbonyl (C=O) groups is 1. The normalized spacial score (nSPS) is 21.8. The third-order valence-electron chi connectivity index (χ3n) is 4.88. The zero-order chi connectivity index (χ0) is 18.1. The number of carbonyl (C=O) groups excluding carboxylic acids is 1. The van der Waals surface area contributed by atoms with Crippen molar-refractivity contribution >= 4 is 12.1 Å². The zero-order valence-corrected chi connectivity index (χ0v) is 15.7. The molecule has 0 aromatic rings. The van der Waals surface area contributed by atoms with Crippen LogP contribution in [0.1, 0.15) is 26.2 Å². The molecule has 25 heavy (non-hydrogen) atoms. The highest BCUT2D eigenvalue weighted by Crippen LogP contribution is 2.11. The summed E-state index contributed by atoms with van der Waals surface area (Å²) in [6, 6.07) is 0.279. The fourth-order valence-electron chi connectivity index (χ4n) is 3.31. The van der Waals surface area contributed by atoms with Crippen LogP contribution in [0.25, 0.3) is 0 Å². The number of piperidine rings is 1. The summed E-state index contributed by atoms with van der Waals surface area (Å²) in [6.07, 6.45) is 2.74. The van der Waals surface area contributed by atoms with E-state index in [-0.39, 0.29) is 12.1 Å². The van der Waals surface area contributed by atoms with E-state index in [1.165, 1.54) is 13.0 Å². The van der Waals surface area contributed by atoms with Gasteiger partial charge in [-0.2, -0.15) is 0 Å². The number of likely N-dealkylation sites (tertiary alicyclic amines) is 1. The number of guanidine groups is 1. The van der Waals surface area contributed by atoms with Crippen LogP contribution in [0.5, 0.6) is 0 Å². The van der Waals surface area contributed by atoms with E-state index in [2.05, 4.69) is 27.2 Å². The van der Waals surface area contributed by atoms with Crippen LogP contribution in [0.2, 0.25) is 0 Å². The molecule has 8 nitrogen and oxygen atoms in total. The van der Waals surface area contributed by atoms with Crippen LogP contribution < -0.4 is 11.1 Å². The summed E-state index contributed by atoms with van der Waals surface area (Å²) in [5, 5.41) is 3.29. The van der Waals surface area contributed by atoms with Gasteiger partial charge >= 0.3 is 6.09 Å². The molecule has 1 amide bonds. The smallest absolute Gasteiger partial charge is 0.409 e. The average Bonchev–Trinajstić information content (AvgIpc) is 2.80. The molecule has 2 saturated heterocycles. The van der Waals surface area contributed by atoms with Crippen LogP contribution in [0.3, 0.4) is 0 Å². The Morgan fingerprint density at radius 1 is 1.20 bits per heavy atom. The SMILES string of the molecule is CCOC(=O)N1CCC(NC(N)=NCCN2CCCN(C)CC2)CC1. The van der Waals surface area contributed by atoms with Gasteiger partial charge in [0, 0.05) is 38.8 Å². The zero-order valence-electron chi connectivity index (χ0n) is 15.7. The van der Waals surface area contributed by atoms with E-state index in [1.807, 2.05) is 6.92 Å². The molecular formula is C17H34N6O2. The van der Waals surface area contributed by atoms with Crippen molar-refractivity contribution in [2.45, 2.75) is 32.2 Å². The van der Waals surface area contributed by atoms with Crippen LogP contribution in [-0.2, 0) is 4.74 Å². The van der Waals surface area contributed by atoms with Gasteiger partial charge in [0.25, 0.3) is 0 Å². The molecule has 0 radical (unpaired) electrons. The molecule has 2 aliphatic heterocycles. The maximum atomic E-state index is 11.7. The topological polar surface area (TPSA) is 86.4 Å². The molecule has 0 saturated carbocycles. The van der Waals surface area contributed by atoms with Gasteiger partial charge in [-0.1, -0.05) is 0 Å². The van der Waals surface area contributed by atoms with Crippen molar-refractivity contribution in [1.29, 1.82) is 0 Å². The van der Waals surface area contributed by atoms with Crippen LogP contribution >= 0.6 is 0 Å². The van der Waals surface area contributed by atoms with E-state index in [0.29, 0.717) is 25.7 Å². The van der Waals surface area contributed by atoms with Crippen molar-refractivity contribution in [2.24, 2.45) is 10.7 Å². The highest BCUT2D eigenvalue weighted by molar-refractivity contribution is 5.78. The molecule has 8 heteroatoms. The minimum Gasteiger partial charge on any atom is -0.450 e. The second-order valence-electron chi connectivity index (χ2n) is 6.87. The van der Waals surface area contributed by atoms with Gasteiger partial charge in [0.2, 0.25) is 0 Å². The molecule has 2 heterocycles. The van der Waals surface area contributed by atoms with Gasteiger partial charge in [-0.15, -0.1) is 0 Å². The first-order chi connectivity index (χ1) is 12.1. The number of ether oxygens (including phenoxy) is 1. The fraction of sp³-hybridized carbons (Fsp3) is 0.882. The van der Waals surface area contributed by atoms with Gasteiger partial charge in [0.15, 0.2) is 5.96 Å². The lowest BCUT2D eigenvalue weighted by molar-refractivity contribution is 0.0963. The van der Waals surface area contributed by atoms with Crippen LogP contribution in [-0.4, -0.2) is 98.8 Å². The lowest BCUT2D eigenvalue weighted by Gasteiger charge is -2.31. The average molecular weight is 354 g/mol. The first-order valence-electron chi connectivity index (χ1n) is 9.47. The van der Waals surface area contributed by atoms with E-state index in [9.17, 15) is 4.79 Å². The largest absolute Gasteiger partial charge is 0.450 e. The number of aliphatic imine (C=N–C) groups is 1. The number of rotatable bonds is 5. The van der Waals surface area contributed by atoms with Gasteiger partial charge < -0.3 is 30.5 Å². The summed E-state index contributed by atoms with van der Waals surface area (Å²) in [5.74, 6) is 0.515. The summed E-state index contributed by atoms with van der Waals surface area (Å²) in [7, 11) is 2.18.